The molecule has 21 heavy (non-hydrogen) atoms. The zero-order chi connectivity index (χ0) is 15.0. The lowest BCUT2D eigenvalue weighted by Crippen LogP contribution is -2.47. The molecule has 2 unspecified atom stereocenters. The fourth-order valence-corrected chi connectivity index (χ4v) is 3.50. The lowest BCUT2D eigenvalue weighted by Gasteiger charge is -2.36. The first-order valence-electron chi connectivity index (χ1n) is 7.21. The molecule has 2 aliphatic heterocycles. The fraction of sp³-hybridized carbons (Fsp3) is 0.533. The SMILES string of the molecule is O=C(CN1C2CCC1CC(O)C2)Nc1cc(F)cc(F)c1. The van der Waals surface area contributed by atoms with E-state index in [1.807, 2.05) is 0 Å². The second kappa shape index (κ2) is 5.69. The van der Waals surface area contributed by atoms with Gasteiger partial charge in [0.1, 0.15) is 11.6 Å². The molecular weight excluding hydrogens is 278 g/mol. The topological polar surface area (TPSA) is 52.6 Å². The van der Waals surface area contributed by atoms with Gasteiger partial charge in [-0.15, -0.1) is 0 Å². The number of aliphatic hydroxyl groups is 1. The Bertz CT molecular complexity index is 518. The number of hydrogen-bond acceptors (Lipinski definition) is 3. The lowest BCUT2D eigenvalue weighted by molar-refractivity contribution is -0.119. The number of aliphatic hydroxyl groups excluding tert-OH is 1. The minimum absolute atomic E-state index is 0.127. The molecule has 0 spiro atoms. The molecular formula is C15H18F2N2O2. The van der Waals surface area contributed by atoms with Crippen LogP contribution in [-0.2, 0) is 4.79 Å². The largest absolute Gasteiger partial charge is 0.393 e. The Morgan fingerprint density at radius 3 is 2.33 bits per heavy atom. The molecule has 0 radical (unpaired) electrons. The minimum atomic E-state index is -0.716. The number of halogens is 2. The Morgan fingerprint density at radius 1 is 1.19 bits per heavy atom. The predicted octanol–water partition coefficient (Wildman–Crippen LogP) is 1.89. The average molecular weight is 296 g/mol. The van der Waals surface area contributed by atoms with Crippen LogP contribution < -0.4 is 5.32 Å². The van der Waals surface area contributed by atoms with Crippen molar-refractivity contribution in [2.75, 3.05) is 11.9 Å². The van der Waals surface area contributed by atoms with Crippen LogP contribution in [0, 0.1) is 11.6 Å². The van der Waals surface area contributed by atoms with Gasteiger partial charge in [-0.2, -0.15) is 0 Å². The van der Waals surface area contributed by atoms with Crippen molar-refractivity contribution in [1.82, 2.24) is 4.90 Å². The van der Waals surface area contributed by atoms with Crippen LogP contribution in [0.2, 0.25) is 0 Å². The van der Waals surface area contributed by atoms with E-state index < -0.39 is 11.6 Å². The monoisotopic (exact) mass is 296 g/mol. The highest BCUT2D eigenvalue weighted by Crippen LogP contribution is 2.35. The van der Waals surface area contributed by atoms with Gasteiger partial charge >= 0.3 is 0 Å². The Kier molecular flexibility index (Phi) is 3.91. The summed E-state index contributed by atoms with van der Waals surface area (Å²) in [6.07, 6.45) is 3.09. The molecule has 0 saturated carbocycles. The van der Waals surface area contributed by atoms with E-state index in [4.69, 9.17) is 0 Å². The quantitative estimate of drug-likeness (QED) is 0.895. The van der Waals surface area contributed by atoms with Gasteiger partial charge in [0.15, 0.2) is 0 Å². The van der Waals surface area contributed by atoms with Crippen LogP contribution in [0.15, 0.2) is 18.2 Å². The van der Waals surface area contributed by atoms with E-state index in [1.54, 1.807) is 0 Å². The van der Waals surface area contributed by atoms with E-state index in [0.29, 0.717) is 12.8 Å². The zero-order valence-electron chi connectivity index (χ0n) is 11.6. The van der Waals surface area contributed by atoms with E-state index >= 15 is 0 Å². The van der Waals surface area contributed by atoms with Gasteiger partial charge in [0, 0.05) is 23.8 Å². The molecule has 2 bridgehead atoms. The van der Waals surface area contributed by atoms with Crippen LogP contribution in [0.1, 0.15) is 25.7 Å². The van der Waals surface area contributed by atoms with Crippen LogP contribution in [0.25, 0.3) is 0 Å². The summed E-state index contributed by atoms with van der Waals surface area (Å²) in [6, 6.07) is 3.41. The number of hydrogen-bond donors (Lipinski definition) is 2. The van der Waals surface area contributed by atoms with E-state index in [9.17, 15) is 18.7 Å². The molecule has 114 valence electrons. The van der Waals surface area contributed by atoms with Crippen molar-refractivity contribution in [3.63, 3.8) is 0 Å². The number of nitrogens with zero attached hydrogens (tertiary/aromatic N) is 1. The van der Waals surface area contributed by atoms with Gasteiger partial charge in [-0.3, -0.25) is 9.69 Å². The number of benzene rings is 1. The normalized spacial score (nSPS) is 28.6. The smallest absolute Gasteiger partial charge is 0.238 e. The standard InChI is InChI=1S/C15H18F2N2O2/c16-9-3-10(17)5-11(4-9)18-15(21)8-19-12-1-2-13(19)7-14(20)6-12/h3-5,12-14,20H,1-2,6-8H2,(H,18,21). The van der Waals surface area contributed by atoms with Crippen molar-refractivity contribution in [3.8, 4) is 0 Å². The molecule has 2 atom stereocenters. The number of carbonyl (C=O) groups is 1. The summed E-state index contributed by atoms with van der Waals surface area (Å²) in [5, 5.41) is 12.3. The summed E-state index contributed by atoms with van der Waals surface area (Å²) >= 11 is 0. The Hall–Kier alpha value is -1.53. The van der Waals surface area contributed by atoms with Gasteiger partial charge in [-0.1, -0.05) is 0 Å². The number of piperidine rings is 1. The minimum Gasteiger partial charge on any atom is -0.393 e. The average Bonchev–Trinajstić information content (AvgIpc) is 2.61. The number of nitrogens with one attached hydrogen (secondary N) is 1. The second-order valence-corrected chi connectivity index (χ2v) is 5.89. The van der Waals surface area contributed by atoms with E-state index in [-0.39, 0.29) is 36.3 Å². The molecule has 2 fully saturated rings. The lowest BCUT2D eigenvalue weighted by atomic mass is 10.00. The highest BCUT2D eigenvalue weighted by atomic mass is 19.1. The summed E-state index contributed by atoms with van der Waals surface area (Å²) in [5.74, 6) is -1.72. The van der Waals surface area contributed by atoms with Crippen molar-refractivity contribution in [2.24, 2.45) is 0 Å². The molecule has 2 saturated heterocycles. The van der Waals surface area contributed by atoms with E-state index in [1.165, 1.54) is 0 Å². The van der Waals surface area contributed by atoms with Crippen LogP contribution in [0.3, 0.4) is 0 Å². The molecule has 1 aromatic carbocycles. The summed E-state index contributed by atoms with van der Waals surface area (Å²) < 4.78 is 26.2. The van der Waals surface area contributed by atoms with Crippen LogP contribution in [-0.4, -0.2) is 40.6 Å². The molecule has 0 aromatic heterocycles. The number of anilines is 1. The molecule has 0 aliphatic carbocycles. The van der Waals surface area contributed by atoms with Crippen LogP contribution in [0.4, 0.5) is 14.5 Å². The summed E-state index contributed by atoms with van der Waals surface area (Å²) in [7, 11) is 0. The summed E-state index contributed by atoms with van der Waals surface area (Å²) in [6.45, 7) is 0.195. The molecule has 1 amide bonds. The molecule has 1 aromatic rings. The number of amides is 1. The van der Waals surface area contributed by atoms with Crippen molar-refractivity contribution in [1.29, 1.82) is 0 Å². The number of carbonyl (C=O) groups excluding carboxylic acids is 1. The van der Waals surface area contributed by atoms with Gasteiger partial charge in [-0.05, 0) is 37.8 Å². The Morgan fingerprint density at radius 2 is 1.76 bits per heavy atom. The molecule has 2 N–H and O–H groups in total. The summed E-state index contributed by atoms with van der Waals surface area (Å²) in [5.41, 5.74) is 0.127. The highest BCUT2D eigenvalue weighted by molar-refractivity contribution is 5.92. The van der Waals surface area contributed by atoms with E-state index in [2.05, 4.69) is 10.2 Å². The first kappa shape index (κ1) is 14.4. The molecule has 4 nitrogen and oxygen atoms in total. The van der Waals surface area contributed by atoms with Gasteiger partial charge < -0.3 is 10.4 Å². The van der Waals surface area contributed by atoms with Gasteiger partial charge in [0.05, 0.1) is 12.6 Å². The maximum Gasteiger partial charge on any atom is 0.238 e. The first-order valence-corrected chi connectivity index (χ1v) is 7.21. The van der Waals surface area contributed by atoms with Crippen LogP contribution >= 0.6 is 0 Å². The molecule has 6 heteroatoms. The number of rotatable bonds is 3. The van der Waals surface area contributed by atoms with Crippen molar-refractivity contribution < 1.29 is 18.7 Å². The van der Waals surface area contributed by atoms with Gasteiger partial charge in [0.25, 0.3) is 0 Å². The van der Waals surface area contributed by atoms with Crippen LogP contribution in [0.5, 0.6) is 0 Å². The third kappa shape index (κ3) is 3.22. The van der Waals surface area contributed by atoms with Gasteiger partial charge in [0.2, 0.25) is 5.91 Å². The molecule has 2 aliphatic rings. The summed E-state index contributed by atoms with van der Waals surface area (Å²) in [4.78, 5) is 14.1. The molecule has 2 heterocycles. The number of fused-ring (bicyclic) bond motifs is 2. The van der Waals surface area contributed by atoms with Crippen molar-refractivity contribution in [3.05, 3.63) is 29.8 Å². The maximum absolute atomic E-state index is 13.1. The zero-order valence-corrected chi connectivity index (χ0v) is 11.6. The highest BCUT2D eigenvalue weighted by Gasteiger charge is 2.40. The third-order valence-electron chi connectivity index (χ3n) is 4.33. The maximum atomic E-state index is 13.1. The second-order valence-electron chi connectivity index (χ2n) is 5.89. The Labute approximate surface area is 121 Å². The van der Waals surface area contributed by atoms with E-state index in [0.717, 1.165) is 31.0 Å². The first-order chi connectivity index (χ1) is 10.0. The third-order valence-corrected chi connectivity index (χ3v) is 4.33. The van der Waals surface area contributed by atoms with Crippen molar-refractivity contribution >= 4 is 11.6 Å². The Balaban J connectivity index is 1.62. The predicted molar refractivity (Wildman–Crippen MR) is 73.7 cm³/mol. The molecule has 3 rings (SSSR count). The fourth-order valence-electron chi connectivity index (χ4n) is 3.50. The van der Waals surface area contributed by atoms with Gasteiger partial charge in [-0.25, -0.2) is 8.78 Å². The van der Waals surface area contributed by atoms with Crippen molar-refractivity contribution in [2.45, 2.75) is 43.9 Å².